The molecule has 12 atom stereocenters. The first-order valence-corrected chi connectivity index (χ1v) is 13.6. The third-order valence-corrected chi connectivity index (χ3v) is 12.9. The van der Waals surface area contributed by atoms with Gasteiger partial charge in [-0.15, -0.1) is 0 Å². The fraction of sp³-hybridized carbons (Fsp3) is 0.862. The van der Waals surface area contributed by atoms with Crippen LogP contribution in [0.3, 0.4) is 0 Å². The monoisotopic (exact) mass is 488 g/mol. The van der Waals surface area contributed by atoms with Crippen LogP contribution in [0.1, 0.15) is 86.5 Å². The first kappa shape index (κ1) is 25.4. The molecule has 0 spiro atoms. The molecule has 6 nitrogen and oxygen atoms in total. The minimum atomic E-state index is -1.38. The Labute approximate surface area is 209 Å². The van der Waals surface area contributed by atoms with E-state index < -0.39 is 35.1 Å². The number of aliphatic carboxylic acids is 1. The van der Waals surface area contributed by atoms with E-state index in [1.807, 2.05) is 13.8 Å². The van der Waals surface area contributed by atoms with E-state index in [1.165, 1.54) is 0 Å². The third-order valence-electron chi connectivity index (χ3n) is 12.9. The Hall–Kier alpha value is -1.24. The van der Waals surface area contributed by atoms with Crippen LogP contribution in [0.4, 0.5) is 0 Å². The van der Waals surface area contributed by atoms with Crippen LogP contribution >= 0.6 is 0 Å². The zero-order valence-electron chi connectivity index (χ0n) is 22.2. The molecule has 0 amide bonds. The maximum atomic E-state index is 12.9. The zero-order chi connectivity index (χ0) is 25.9. The van der Waals surface area contributed by atoms with Crippen molar-refractivity contribution in [2.45, 2.75) is 104 Å². The molecule has 196 valence electrons. The average Bonchev–Trinajstić information content (AvgIpc) is 2.76. The van der Waals surface area contributed by atoms with Crippen LogP contribution in [0.15, 0.2) is 11.6 Å². The van der Waals surface area contributed by atoms with Crippen LogP contribution in [0.2, 0.25) is 0 Å². The molecular formula is C29H44O6. The molecule has 0 saturated heterocycles. The van der Waals surface area contributed by atoms with Crippen LogP contribution in [0.25, 0.3) is 0 Å². The van der Waals surface area contributed by atoms with Crippen molar-refractivity contribution in [3.63, 3.8) is 0 Å². The lowest BCUT2D eigenvalue weighted by molar-refractivity contribution is -0.227. The van der Waals surface area contributed by atoms with E-state index in [9.17, 15) is 30.0 Å². The SMILES string of the molecule is CC1C(O)C(=O)CC2(C)C1CCC1(C)C2CC=C2C3C(C)(O)C(C)CC(O)C3(C(=O)O)CCC21C. The molecular weight excluding hydrogens is 444 g/mol. The van der Waals surface area contributed by atoms with Gasteiger partial charge in [0, 0.05) is 12.3 Å². The number of carbonyl (C=O) groups excluding carboxylic acids is 1. The summed E-state index contributed by atoms with van der Waals surface area (Å²) in [5.41, 5.74) is -2.34. The number of hydrogen-bond donors (Lipinski definition) is 4. The number of ketones is 1. The van der Waals surface area contributed by atoms with Crippen molar-refractivity contribution in [3.8, 4) is 0 Å². The minimum Gasteiger partial charge on any atom is -0.481 e. The number of allylic oxidation sites excluding steroid dienone is 1. The van der Waals surface area contributed by atoms with Crippen LogP contribution in [-0.2, 0) is 9.59 Å². The predicted molar refractivity (Wildman–Crippen MR) is 131 cm³/mol. The van der Waals surface area contributed by atoms with Gasteiger partial charge in [0.1, 0.15) is 11.5 Å². The topological polar surface area (TPSA) is 115 Å². The Morgan fingerprint density at radius 3 is 2.34 bits per heavy atom. The molecule has 6 heteroatoms. The summed E-state index contributed by atoms with van der Waals surface area (Å²) in [6.45, 7) is 12.5. The van der Waals surface area contributed by atoms with Crippen molar-refractivity contribution in [1.29, 1.82) is 0 Å². The van der Waals surface area contributed by atoms with Gasteiger partial charge in [-0.05, 0) is 85.4 Å². The highest BCUT2D eigenvalue weighted by atomic mass is 16.4. The van der Waals surface area contributed by atoms with E-state index in [-0.39, 0.29) is 52.1 Å². The molecule has 5 aliphatic rings. The van der Waals surface area contributed by atoms with Gasteiger partial charge in [-0.1, -0.05) is 46.3 Å². The van der Waals surface area contributed by atoms with Crippen molar-refractivity contribution in [2.24, 2.45) is 51.2 Å². The van der Waals surface area contributed by atoms with Gasteiger partial charge in [-0.3, -0.25) is 9.59 Å². The van der Waals surface area contributed by atoms with Gasteiger partial charge in [0.15, 0.2) is 5.78 Å². The molecule has 0 aromatic rings. The van der Waals surface area contributed by atoms with E-state index >= 15 is 0 Å². The Morgan fingerprint density at radius 2 is 1.71 bits per heavy atom. The molecule has 0 aromatic carbocycles. The maximum absolute atomic E-state index is 12.9. The molecule has 12 unspecified atom stereocenters. The summed E-state index contributed by atoms with van der Waals surface area (Å²) in [6, 6.07) is 0. The number of Topliss-reactive ketones (excluding diaryl/α,β-unsaturated/α-hetero) is 1. The molecule has 0 radical (unpaired) electrons. The molecule has 0 aromatic heterocycles. The maximum Gasteiger partial charge on any atom is 0.313 e. The summed E-state index contributed by atoms with van der Waals surface area (Å²) in [5.74, 6) is -1.50. The normalized spacial score (nSPS) is 57.8. The largest absolute Gasteiger partial charge is 0.481 e. The van der Waals surface area contributed by atoms with E-state index in [4.69, 9.17) is 0 Å². The van der Waals surface area contributed by atoms with E-state index in [0.717, 1.165) is 24.8 Å². The van der Waals surface area contributed by atoms with E-state index in [1.54, 1.807) is 6.92 Å². The summed E-state index contributed by atoms with van der Waals surface area (Å²) < 4.78 is 0. The van der Waals surface area contributed by atoms with Gasteiger partial charge in [-0.25, -0.2) is 0 Å². The number of rotatable bonds is 1. The second kappa shape index (κ2) is 7.41. The van der Waals surface area contributed by atoms with E-state index in [2.05, 4.69) is 26.8 Å². The highest BCUT2D eigenvalue weighted by Gasteiger charge is 2.72. The number of carboxylic acid groups (broad SMARTS) is 1. The molecule has 4 N–H and O–H groups in total. The van der Waals surface area contributed by atoms with E-state index in [0.29, 0.717) is 19.3 Å². The lowest BCUT2D eigenvalue weighted by atomic mass is 9.33. The van der Waals surface area contributed by atoms with Crippen LogP contribution in [-0.4, -0.2) is 50.0 Å². The average molecular weight is 489 g/mol. The quantitative estimate of drug-likeness (QED) is 0.415. The Kier molecular flexibility index (Phi) is 5.38. The van der Waals surface area contributed by atoms with Crippen LogP contribution in [0.5, 0.6) is 0 Å². The highest BCUT2D eigenvalue weighted by molar-refractivity contribution is 5.85. The summed E-state index contributed by atoms with van der Waals surface area (Å²) in [5, 5.41) is 44.1. The Bertz CT molecular complexity index is 986. The van der Waals surface area contributed by atoms with Gasteiger partial charge in [0.05, 0.1) is 11.7 Å². The zero-order valence-corrected chi connectivity index (χ0v) is 22.2. The first-order valence-electron chi connectivity index (χ1n) is 13.6. The lowest BCUT2D eigenvalue weighted by Crippen LogP contribution is -2.70. The molecule has 35 heavy (non-hydrogen) atoms. The van der Waals surface area contributed by atoms with Crippen molar-refractivity contribution < 1.29 is 30.0 Å². The highest BCUT2D eigenvalue weighted by Crippen LogP contribution is 2.75. The number of aliphatic hydroxyl groups is 3. The van der Waals surface area contributed by atoms with Crippen LogP contribution in [0, 0.1) is 51.2 Å². The van der Waals surface area contributed by atoms with Crippen molar-refractivity contribution in [3.05, 3.63) is 11.6 Å². The van der Waals surface area contributed by atoms with Crippen molar-refractivity contribution in [2.75, 3.05) is 0 Å². The van der Waals surface area contributed by atoms with Gasteiger partial charge >= 0.3 is 5.97 Å². The Morgan fingerprint density at radius 1 is 1.06 bits per heavy atom. The van der Waals surface area contributed by atoms with Crippen LogP contribution < -0.4 is 0 Å². The summed E-state index contributed by atoms with van der Waals surface area (Å²) in [4.78, 5) is 25.7. The predicted octanol–water partition coefficient (Wildman–Crippen LogP) is 3.96. The number of fused-ring (bicyclic) bond motifs is 7. The van der Waals surface area contributed by atoms with Gasteiger partial charge in [-0.2, -0.15) is 0 Å². The summed E-state index contributed by atoms with van der Waals surface area (Å²) in [6.07, 6.45) is 4.58. The molecule has 5 rings (SSSR count). The molecule has 4 saturated carbocycles. The minimum absolute atomic E-state index is 0.0545. The smallest absolute Gasteiger partial charge is 0.313 e. The fourth-order valence-electron chi connectivity index (χ4n) is 10.4. The second-order valence-electron chi connectivity index (χ2n) is 14.0. The lowest BCUT2D eigenvalue weighted by Gasteiger charge is -2.71. The molecule has 0 aliphatic heterocycles. The molecule has 0 heterocycles. The Balaban J connectivity index is 1.66. The summed E-state index contributed by atoms with van der Waals surface area (Å²) in [7, 11) is 0. The number of hydrogen-bond acceptors (Lipinski definition) is 5. The fourth-order valence-corrected chi connectivity index (χ4v) is 10.4. The van der Waals surface area contributed by atoms with Gasteiger partial charge < -0.3 is 20.4 Å². The second-order valence-corrected chi connectivity index (χ2v) is 14.0. The molecule has 5 aliphatic carbocycles. The van der Waals surface area contributed by atoms with Crippen molar-refractivity contribution >= 4 is 11.8 Å². The third kappa shape index (κ3) is 2.82. The van der Waals surface area contributed by atoms with Crippen molar-refractivity contribution in [1.82, 2.24) is 0 Å². The standard InChI is InChI=1S/C29H44O6/c1-15-13-21(31)29(24(33)34)12-11-26(4)18(23(29)28(15,6)35)7-8-20-25(3)14-19(30)22(32)16(2)17(25)9-10-27(20,26)5/h7,15-17,20-23,31-32,35H,8-14H2,1-6H3,(H,33,34). The number of aliphatic hydroxyl groups excluding tert-OH is 2. The molecule has 4 fully saturated rings. The first-order chi connectivity index (χ1) is 16.1. The molecule has 0 bridgehead atoms. The summed E-state index contributed by atoms with van der Waals surface area (Å²) >= 11 is 0. The van der Waals surface area contributed by atoms with Gasteiger partial charge in [0.25, 0.3) is 0 Å². The van der Waals surface area contributed by atoms with Gasteiger partial charge in [0.2, 0.25) is 0 Å². The number of carboxylic acids is 1. The number of carbonyl (C=O) groups is 2.